The smallest absolute Gasteiger partial charge is 0.307 e. The van der Waals surface area contributed by atoms with Crippen molar-refractivity contribution in [1.29, 1.82) is 0 Å². The monoisotopic (exact) mass is 219 g/mol. The maximum atomic E-state index is 10.7. The zero-order valence-electron chi connectivity index (χ0n) is 9.28. The quantitative estimate of drug-likeness (QED) is 0.818. The maximum absolute atomic E-state index is 10.7. The molecule has 0 bridgehead atoms. The molecular weight excluding hydrogens is 202 g/mol. The Morgan fingerprint density at radius 2 is 2.00 bits per heavy atom. The lowest BCUT2D eigenvalue weighted by Crippen LogP contribution is -2.16. The summed E-state index contributed by atoms with van der Waals surface area (Å²) < 4.78 is 0. The molecule has 1 aliphatic rings. The van der Waals surface area contributed by atoms with Crippen LogP contribution in [0.5, 0.6) is 0 Å². The third-order valence-corrected chi connectivity index (χ3v) is 3.07. The number of hydrogen-bond acceptors (Lipinski definition) is 2. The molecule has 0 radical (unpaired) electrons. The zero-order valence-corrected chi connectivity index (χ0v) is 9.28. The van der Waals surface area contributed by atoms with Crippen molar-refractivity contribution in [1.82, 2.24) is 0 Å². The van der Waals surface area contributed by atoms with Gasteiger partial charge in [0.25, 0.3) is 0 Å². The second-order valence-electron chi connectivity index (χ2n) is 4.35. The average Bonchev–Trinajstić information content (AvgIpc) is 2.73. The number of benzene rings is 1. The number of carboxylic acids is 1. The lowest BCUT2D eigenvalue weighted by atomic mass is 10.1. The van der Waals surface area contributed by atoms with Gasteiger partial charge < -0.3 is 10.4 Å². The summed E-state index contributed by atoms with van der Waals surface area (Å²) >= 11 is 0. The van der Waals surface area contributed by atoms with Crippen LogP contribution < -0.4 is 5.32 Å². The molecule has 1 fully saturated rings. The molecule has 0 saturated heterocycles. The standard InChI is InChI=1S/C13H17NO2/c15-13(16)9-10-5-1-4-8-12(10)14-11-6-2-3-7-11/h1,4-5,8,11,14H,2-3,6-7,9H2,(H,15,16). The van der Waals surface area contributed by atoms with Gasteiger partial charge in [-0.25, -0.2) is 0 Å². The van der Waals surface area contributed by atoms with Gasteiger partial charge in [-0.3, -0.25) is 4.79 Å². The third kappa shape index (κ3) is 2.75. The van der Waals surface area contributed by atoms with Crippen LogP contribution in [0.3, 0.4) is 0 Å². The van der Waals surface area contributed by atoms with Gasteiger partial charge >= 0.3 is 5.97 Å². The van der Waals surface area contributed by atoms with E-state index in [4.69, 9.17) is 5.11 Å². The molecule has 1 aromatic rings. The zero-order chi connectivity index (χ0) is 11.4. The van der Waals surface area contributed by atoms with Crippen LogP contribution in [0.4, 0.5) is 5.69 Å². The van der Waals surface area contributed by atoms with Crippen molar-refractivity contribution in [3.8, 4) is 0 Å². The summed E-state index contributed by atoms with van der Waals surface area (Å²) in [6.45, 7) is 0. The van der Waals surface area contributed by atoms with Crippen molar-refractivity contribution >= 4 is 11.7 Å². The fourth-order valence-electron chi connectivity index (χ4n) is 2.27. The summed E-state index contributed by atoms with van der Waals surface area (Å²) in [5, 5.41) is 12.3. The van der Waals surface area contributed by atoms with Crippen LogP contribution in [-0.4, -0.2) is 17.1 Å². The number of carboxylic acid groups (broad SMARTS) is 1. The van der Waals surface area contributed by atoms with Gasteiger partial charge in [-0.1, -0.05) is 31.0 Å². The van der Waals surface area contributed by atoms with Crippen molar-refractivity contribution in [3.05, 3.63) is 29.8 Å². The first-order chi connectivity index (χ1) is 7.75. The van der Waals surface area contributed by atoms with E-state index in [0.717, 1.165) is 11.3 Å². The Labute approximate surface area is 95.5 Å². The number of hydrogen-bond donors (Lipinski definition) is 2. The molecule has 0 heterocycles. The molecule has 3 heteroatoms. The van der Waals surface area contributed by atoms with E-state index in [2.05, 4.69) is 5.32 Å². The van der Waals surface area contributed by atoms with Gasteiger partial charge in [0.05, 0.1) is 6.42 Å². The topological polar surface area (TPSA) is 49.3 Å². The Morgan fingerprint density at radius 1 is 1.31 bits per heavy atom. The lowest BCUT2D eigenvalue weighted by Gasteiger charge is -2.16. The average molecular weight is 219 g/mol. The highest BCUT2D eigenvalue weighted by Gasteiger charge is 2.16. The van der Waals surface area contributed by atoms with Crippen molar-refractivity contribution < 1.29 is 9.90 Å². The fourth-order valence-corrected chi connectivity index (χ4v) is 2.27. The molecule has 1 saturated carbocycles. The molecule has 0 aromatic heterocycles. The molecule has 16 heavy (non-hydrogen) atoms. The van der Waals surface area contributed by atoms with Crippen LogP contribution in [0.15, 0.2) is 24.3 Å². The van der Waals surface area contributed by atoms with Crippen LogP contribution in [0, 0.1) is 0 Å². The number of para-hydroxylation sites is 1. The van der Waals surface area contributed by atoms with Crippen LogP contribution in [0.2, 0.25) is 0 Å². The van der Waals surface area contributed by atoms with Crippen molar-refractivity contribution in [3.63, 3.8) is 0 Å². The Morgan fingerprint density at radius 3 is 2.69 bits per heavy atom. The van der Waals surface area contributed by atoms with Crippen LogP contribution in [0.25, 0.3) is 0 Å². The number of carbonyl (C=O) groups is 1. The second kappa shape index (κ2) is 5.01. The molecule has 2 N–H and O–H groups in total. The highest BCUT2D eigenvalue weighted by molar-refractivity contribution is 5.73. The fraction of sp³-hybridized carbons (Fsp3) is 0.462. The summed E-state index contributed by atoms with van der Waals surface area (Å²) in [5.41, 5.74) is 1.86. The van der Waals surface area contributed by atoms with E-state index >= 15 is 0 Å². The first-order valence-electron chi connectivity index (χ1n) is 5.82. The van der Waals surface area contributed by atoms with Gasteiger partial charge in [0.15, 0.2) is 0 Å². The van der Waals surface area contributed by atoms with Gasteiger partial charge in [-0.05, 0) is 24.5 Å². The molecule has 0 aliphatic heterocycles. The summed E-state index contributed by atoms with van der Waals surface area (Å²) in [7, 11) is 0. The highest BCUT2D eigenvalue weighted by Crippen LogP contribution is 2.24. The maximum Gasteiger partial charge on any atom is 0.307 e. The molecular formula is C13H17NO2. The first-order valence-corrected chi connectivity index (χ1v) is 5.82. The van der Waals surface area contributed by atoms with Crippen LogP contribution >= 0.6 is 0 Å². The molecule has 1 aliphatic carbocycles. The Kier molecular flexibility index (Phi) is 3.44. The van der Waals surface area contributed by atoms with Crippen LogP contribution in [0.1, 0.15) is 31.2 Å². The number of nitrogens with one attached hydrogen (secondary N) is 1. The lowest BCUT2D eigenvalue weighted by molar-refractivity contribution is -0.136. The van der Waals surface area contributed by atoms with E-state index < -0.39 is 5.97 Å². The molecule has 1 aromatic carbocycles. The predicted octanol–water partition coefficient (Wildman–Crippen LogP) is 2.67. The van der Waals surface area contributed by atoms with E-state index in [1.165, 1.54) is 25.7 Å². The van der Waals surface area contributed by atoms with Crippen LogP contribution in [-0.2, 0) is 11.2 Å². The minimum atomic E-state index is -0.777. The van der Waals surface area contributed by atoms with Gasteiger partial charge in [-0.2, -0.15) is 0 Å². The molecule has 0 spiro atoms. The minimum absolute atomic E-state index is 0.0931. The van der Waals surface area contributed by atoms with E-state index in [0.29, 0.717) is 6.04 Å². The summed E-state index contributed by atoms with van der Waals surface area (Å²) in [4.78, 5) is 10.7. The first kappa shape index (κ1) is 11.0. The molecule has 86 valence electrons. The molecule has 2 rings (SSSR count). The summed E-state index contributed by atoms with van der Waals surface area (Å²) in [6, 6.07) is 8.21. The Hall–Kier alpha value is -1.51. The van der Waals surface area contributed by atoms with Gasteiger partial charge in [0, 0.05) is 11.7 Å². The number of anilines is 1. The molecule has 3 nitrogen and oxygen atoms in total. The number of aliphatic carboxylic acids is 1. The molecule has 0 unspecified atom stereocenters. The normalized spacial score (nSPS) is 16.2. The van der Waals surface area contributed by atoms with Gasteiger partial charge in [0.2, 0.25) is 0 Å². The predicted molar refractivity (Wildman–Crippen MR) is 63.7 cm³/mol. The molecule has 0 atom stereocenters. The largest absolute Gasteiger partial charge is 0.481 e. The van der Waals surface area contributed by atoms with Crippen molar-refractivity contribution in [2.45, 2.75) is 38.1 Å². The number of rotatable bonds is 4. The van der Waals surface area contributed by atoms with Gasteiger partial charge in [-0.15, -0.1) is 0 Å². The Balaban J connectivity index is 2.09. The van der Waals surface area contributed by atoms with E-state index in [-0.39, 0.29) is 6.42 Å². The molecule has 0 amide bonds. The van der Waals surface area contributed by atoms with E-state index in [9.17, 15) is 4.79 Å². The van der Waals surface area contributed by atoms with E-state index in [1.54, 1.807) is 0 Å². The SMILES string of the molecule is O=C(O)Cc1ccccc1NC1CCCC1. The Bertz CT molecular complexity index is 370. The third-order valence-electron chi connectivity index (χ3n) is 3.07. The summed E-state index contributed by atoms with van der Waals surface area (Å²) in [6.07, 6.45) is 5.04. The van der Waals surface area contributed by atoms with Crippen molar-refractivity contribution in [2.75, 3.05) is 5.32 Å². The van der Waals surface area contributed by atoms with Crippen molar-refractivity contribution in [2.24, 2.45) is 0 Å². The second-order valence-corrected chi connectivity index (χ2v) is 4.35. The highest BCUT2D eigenvalue weighted by atomic mass is 16.4. The summed E-state index contributed by atoms with van der Waals surface area (Å²) in [5.74, 6) is -0.777. The van der Waals surface area contributed by atoms with Gasteiger partial charge in [0.1, 0.15) is 0 Å². The van der Waals surface area contributed by atoms with E-state index in [1.807, 2.05) is 24.3 Å². The minimum Gasteiger partial charge on any atom is -0.481 e.